The van der Waals surface area contributed by atoms with Gasteiger partial charge >= 0.3 is 0 Å². The first-order chi connectivity index (χ1) is 6.63. The Morgan fingerprint density at radius 1 is 1.21 bits per heavy atom. The molecule has 2 aromatic heterocycles. The Hall–Kier alpha value is -1.65. The van der Waals surface area contributed by atoms with E-state index in [0.717, 1.165) is 18.0 Å². The summed E-state index contributed by atoms with van der Waals surface area (Å²) in [6.45, 7) is 6.68. The number of hydrogen-bond donors (Lipinski definition) is 1. The third-order valence-corrected chi connectivity index (χ3v) is 2.24. The Kier molecular flexibility index (Phi) is 1.87. The summed E-state index contributed by atoms with van der Waals surface area (Å²) in [5.74, 6) is 2.07. The van der Waals surface area contributed by atoms with Gasteiger partial charge in [0.1, 0.15) is 11.6 Å². The molecule has 0 aliphatic heterocycles. The van der Waals surface area contributed by atoms with E-state index in [1.54, 1.807) is 0 Å². The van der Waals surface area contributed by atoms with Crippen LogP contribution in [-0.2, 0) is 6.54 Å². The van der Waals surface area contributed by atoms with E-state index in [1.165, 1.54) is 0 Å². The second-order valence-electron chi connectivity index (χ2n) is 3.23. The van der Waals surface area contributed by atoms with Crippen molar-refractivity contribution < 1.29 is 0 Å². The molecule has 0 saturated heterocycles. The van der Waals surface area contributed by atoms with Gasteiger partial charge in [0.25, 0.3) is 0 Å². The maximum atomic E-state index is 5.77. The molecule has 74 valence electrons. The average molecular weight is 191 g/mol. The third kappa shape index (κ3) is 1.13. The molecule has 0 aliphatic carbocycles. The monoisotopic (exact) mass is 191 g/mol. The summed E-state index contributed by atoms with van der Waals surface area (Å²) < 4.78 is 2.03. The standard InChI is InChI=1S/C9H13N5/c1-4-14-6(3)13-7-8(10)11-5(2)12-9(7)14/h4H2,1-3H3,(H2,10,11,12). The van der Waals surface area contributed by atoms with Crippen molar-refractivity contribution in [1.29, 1.82) is 0 Å². The maximum absolute atomic E-state index is 5.77. The Morgan fingerprint density at radius 3 is 2.57 bits per heavy atom. The van der Waals surface area contributed by atoms with E-state index in [1.807, 2.05) is 18.4 Å². The fourth-order valence-corrected chi connectivity index (χ4v) is 1.62. The highest BCUT2D eigenvalue weighted by molar-refractivity contribution is 5.82. The zero-order chi connectivity index (χ0) is 10.3. The van der Waals surface area contributed by atoms with Crippen molar-refractivity contribution in [3.63, 3.8) is 0 Å². The fourth-order valence-electron chi connectivity index (χ4n) is 1.62. The van der Waals surface area contributed by atoms with E-state index in [0.29, 0.717) is 17.2 Å². The van der Waals surface area contributed by atoms with E-state index in [2.05, 4.69) is 21.9 Å². The molecule has 0 bridgehead atoms. The number of rotatable bonds is 1. The number of nitrogens with two attached hydrogens (primary N) is 1. The lowest BCUT2D eigenvalue weighted by Crippen LogP contribution is -2.01. The summed E-state index contributed by atoms with van der Waals surface area (Å²) in [7, 11) is 0. The van der Waals surface area contributed by atoms with Crippen molar-refractivity contribution in [1.82, 2.24) is 19.5 Å². The molecule has 2 aromatic rings. The van der Waals surface area contributed by atoms with Gasteiger partial charge in [0.05, 0.1) is 0 Å². The predicted molar refractivity (Wildman–Crippen MR) is 54.9 cm³/mol. The molecule has 2 rings (SSSR count). The highest BCUT2D eigenvalue weighted by Gasteiger charge is 2.11. The number of imidazole rings is 1. The van der Waals surface area contributed by atoms with Crippen molar-refractivity contribution in [2.24, 2.45) is 0 Å². The zero-order valence-electron chi connectivity index (χ0n) is 8.57. The lowest BCUT2D eigenvalue weighted by atomic mass is 10.4. The van der Waals surface area contributed by atoms with Crippen LogP contribution in [-0.4, -0.2) is 19.5 Å². The highest BCUT2D eigenvalue weighted by atomic mass is 15.2. The maximum Gasteiger partial charge on any atom is 0.165 e. The van der Waals surface area contributed by atoms with Gasteiger partial charge in [-0.05, 0) is 20.8 Å². The fraction of sp³-hybridized carbons (Fsp3) is 0.444. The van der Waals surface area contributed by atoms with Gasteiger partial charge in [-0.2, -0.15) is 0 Å². The molecule has 5 heteroatoms. The van der Waals surface area contributed by atoms with E-state index < -0.39 is 0 Å². The molecular weight excluding hydrogens is 178 g/mol. The van der Waals surface area contributed by atoms with Crippen molar-refractivity contribution in [2.75, 3.05) is 5.73 Å². The molecule has 0 aliphatic rings. The SMILES string of the molecule is CCn1c(C)nc2c(N)nc(C)nc21. The van der Waals surface area contributed by atoms with Gasteiger partial charge in [-0.15, -0.1) is 0 Å². The van der Waals surface area contributed by atoms with Crippen molar-refractivity contribution in [3.05, 3.63) is 11.6 Å². The molecule has 0 atom stereocenters. The van der Waals surface area contributed by atoms with Crippen LogP contribution < -0.4 is 5.73 Å². The second kappa shape index (κ2) is 2.94. The van der Waals surface area contributed by atoms with Gasteiger partial charge in [-0.1, -0.05) is 0 Å². The Labute approximate surface area is 82.0 Å². The predicted octanol–water partition coefficient (Wildman–Crippen LogP) is 1.05. The highest BCUT2D eigenvalue weighted by Crippen LogP contribution is 2.18. The number of fused-ring (bicyclic) bond motifs is 1. The van der Waals surface area contributed by atoms with Crippen LogP contribution >= 0.6 is 0 Å². The summed E-state index contributed by atoms with van der Waals surface area (Å²) in [6, 6.07) is 0. The number of hydrogen-bond acceptors (Lipinski definition) is 4. The lowest BCUT2D eigenvalue weighted by Gasteiger charge is -2.01. The molecular formula is C9H13N5. The van der Waals surface area contributed by atoms with E-state index in [9.17, 15) is 0 Å². The zero-order valence-corrected chi connectivity index (χ0v) is 8.57. The summed E-state index contributed by atoms with van der Waals surface area (Å²) in [6.07, 6.45) is 0. The van der Waals surface area contributed by atoms with Crippen molar-refractivity contribution in [2.45, 2.75) is 27.3 Å². The smallest absolute Gasteiger partial charge is 0.165 e. The Morgan fingerprint density at radius 2 is 1.93 bits per heavy atom. The minimum atomic E-state index is 0.461. The van der Waals surface area contributed by atoms with Gasteiger partial charge in [0, 0.05) is 6.54 Å². The van der Waals surface area contributed by atoms with Crippen molar-refractivity contribution in [3.8, 4) is 0 Å². The lowest BCUT2D eigenvalue weighted by molar-refractivity contribution is 0.744. The number of aromatic nitrogens is 4. The van der Waals surface area contributed by atoms with Crippen LogP contribution in [0.5, 0.6) is 0 Å². The first kappa shape index (κ1) is 8.93. The molecule has 0 saturated carbocycles. The van der Waals surface area contributed by atoms with E-state index in [-0.39, 0.29) is 0 Å². The summed E-state index contributed by atoms with van der Waals surface area (Å²) in [5, 5.41) is 0. The quantitative estimate of drug-likeness (QED) is 0.731. The molecule has 0 unspecified atom stereocenters. The number of aryl methyl sites for hydroxylation is 3. The summed E-state index contributed by atoms with van der Waals surface area (Å²) in [5.41, 5.74) is 7.30. The van der Waals surface area contributed by atoms with E-state index >= 15 is 0 Å². The minimum Gasteiger partial charge on any atom is -0.382 e. The van der Waals surface area contributed by atoms with Crippen LogP contribution in [0, 0.1) is 13.8 Å². The van der Waals surface area contributed by atoms with Gasteiger partial charge in [0.15, 0.2) is 17.0 Å². The van der Waals surface area contributed by atoms with Crippen LogP contribution in [0.15, 0.2) is 0 Å². The molecule has 2 heterocycles. The van der Waals surface area contributed by atoms with Crippen LogP contribution in [0.4, 0.5) is 5.82 Å². The van der Waals surface area contributed by atoms with Gasteiger partial charge in [-0.25, -0.2) is 15.0 Å². The largest absolute Gasteiger partial charge is 0.382 e. The number of nitrogens with zero attached hydrogens (tertiary/aromatic N) is 4. The molecule has 0 aromatic carbocycles. The molecule has 14 heavy (non-hydrogen) atoms. The first-order valence-electron chi connectivity index (χ1n) is 4.60. The van der Waals surface area contributed by atoms with E-state index in [4.69, 9.17) is 5.73 Å². The topological polar surface area (TPSA) is 69.6 Å². The summed E-state index contributed by atoms with van der Waals surface area (Å²) in [4.78, 5) is 12.8. The Bertz CT molecular complexity index is 485. The first-order valence-corrected chi connectivity index (χ1v) is 4.60. The van der Waals surface area contributed by atoms with Crippen LogP contribution in [0.3, 0.4) is 0 Å². The molecule has 0 amide bonds. The molecule has 5 nitrogen and oxygen atoms in total. The van der Waals surface area contributed by atoms with Gasteiger partial charge in [-0.3, -0.25) is 0 Å². The summed E-state index contributed by atoms with van der Waals surface area (Å²) >= 11 is 0. The van der Waals surface area contributed by atoms with Gasteiger partial charge in [0.2, 0.25) is 0 Å². The third-order valence-electron chi connectivity index (χ3n) is 2.24. The molecule has 0 spiro atoms. The van der Waals surface area contributed by atoms with Crippen molar-refractivity contribution >= 4 is 17.0 Å². The molecule has 2 N–H and O–H groups in total. The number of anilines is 1. The normalized spacial score (nSPS) is 11.1. The molecule has 0 radical (unpaired) electrons. The number of nitrogen functional groups attached to an aromatic ring is 1. The molecule has 0 fully saturated rings. The van der Waals surface area contributed by atoms with Gasteiger partial charge < -0.3 is 10.3 Å². The average Bonchev–Trinajstić information content (AvgIpc) is 2.41. The minimum absolute atomic E-state index is 0.461. The van der Waals surface area contributed by atoms with Crippen LogP contribution in [0.25, 0.3) is 11.2 Å². The second-order valence-corrected chi connectivity index (χ2v) is 3.23. The van der Waals surface area contributed by atoms with Crippen LogP contribution in [0.1, 0.15) is 18.6 Å². The Balaban J connectivity index is 2.87. The van der Waals surface area contributed by atoms with Crippen LogP contribution in [0.2, 0.25) is 0 Å².